The molecule has 0 amide bonds. The number of ether oxygens (including phenoxy) is 1. The Morgan fingerprint density at radius 2 is 1.72 bits per heavy atom. The van der Waals surface area contributed by atoms with Gasteiger partial charge in [-0.2, -0.15) is 0 Å². The van der Waals surface area contributed by atoms with Crippen molar-refractivity contribution in [1.82, 2.24) is 10.6 Å². The summed E-state index contributed by atoms with van der Waals surface area (Å²) in [6.07, 6.45) is 0. The van der Waals surface area contributed by atoms with E-state index < -0.39 is 0 Å². The van der Waals surface area contributed by atoms with E-state index in [0.29, 0.717) is 24.8 Å². The van der Waals surface area contributed by atoms with Gasteiger partial charge in [-0.3, -0.25) is 4.99 Å². The van der Waals surface area contributed by atoms with Crippen LogP contribution in [0.15, 0.2) is 41.4 Å². The molecule has 0 radical (unpaired) electrons. The van der Waals surface area contributed by atoms with Gasteiger partial charge in [0.1, 0.15) is 11.5 Å². The van der Waals surface area contributed by atoms with Gasteiger partial charge in [-0.1, -0.05) is 23.8 Å². The van der Waals surface area contributed by atoms with E-state index in [0.717, 1.165) is 5.56 Å². The summed E-state index contributed by atoms with van der Waals surface area (Å²) < 4.78 is 5.19. The van der Waals surface area contributed by atoms with Crippen molar-refractivity contribution in [2.45, 2.75) is 26.9 Å². The van der Waals surface area contributed by atoms with E-state index in [4.69, 9.17) is 4.74 Å². The number of nitrogens with zero attached hydrogens (tertiary/aromatic N) is 1. The lowest BCUT2D eigenvalue weighted by atomic mass is 10.1. The first kappa shape index (κ1) is 21.1. The lowest BCUT2D eigenvalue weighted by Crippen LogP contribution is -2.36. The third-order valence-electron chi connectivity index (χ3n) is 3.90. The smallest absolute Gasteiger partial charge is 0.191 e. The molecule has 3 N–H and O–H groups in total. The predicted molar refractivity (Wildman–Crippen MR) is 113 cm³/mol. The highest BCUT2D eigenvalue weighted by atomic mass is 127. The van der Waals surface area contributed by atoms with Crippen molar-refractivity contribution in [3.8, 4) is 11.5 Å². The van der Waals surface area contributed by atoms with Crippen LogP contribution in [0.5, 0.6) is 11.5 Å². The quantitative estimate of drug-likeness (QED) is 0.367. The topological polar surface area (TPSA) is 65.9 Å². The highest BCUT2D eigenvalue weighted by molar-refractivity contribution is 14.0. The number of rotatable bonds is 5. The van der Waals surface area contributed by atoms with Crippen molar-refractivity contribution < 1.29 is 9.84 Å². The number of hydrogen-bond acceptors (Lipinski definition) is 3. The number of phenols is 1. The molecule has 25 heavy (non-hydrogen) atoms. The maximum atomic E-state index is 9.93. The molecule has 0 unspecified atom stereocenters. The minimum atomic E-state index is 0. The molecule has 0 aromatic heterocycles. The van der Waals surface area contributed by atoms with Crippen molar-refractivity contribution in [2.75, 3.05) is 14.2 Å². The van der Waals surface area contributed by atoms with Crippen molar-refractivity contribution in [3.63, 3.8) is 0 Å². The molecule has 5 nitrogen and oxygen atoms in total. The van der Waals surface area contributed by atoms with Gasteiger partial charge >= 0.3 is 0 Å². The number of nitrogens with one attached hydrogen (secondary N) is 2. The molecule has 2 aromatic carbocycles. The summed E-state index contributed by atoms with van der Waals surface area (Å²) in [5, 5.41) is 16.4. The third kappa shape index (κ3) is 6.12. The fourth-order valence-corrected chi connectivity index (χ4v) is 2.45. The Morgan fingerprint density at radius 3 is 2.32 bits per heavy atom. The van der Waals surface area contributed by atoms with Crippen LogP contribution in [0, 0.1) is 13.8 Å². The zero-order chi connectivity index (χ0) is 17.5. The fraction of sp³-hybridized carbons (Fsp3) is 0.316. The molecule has 6 heteroatoms. The van der Waals surface area contributed by atoms with Gasteiger partial charge in [0.15, 0.2) is 5.96 Å². The van der Waals surface area contributed by atoms with Crippen molar-refractivity contribution >= 4 is 29.9 Å². The first-order valence-electron chi connectivity index (χ1n) is 7.90. The summed E-state index contributed by atoms with van der Waals surface area (Å²) in [7, 11) is 3.33. The van der Waals surface area contributed by atoms with Gasteiger partial charge < -0.3 is 20.5 Å². The number of halogens is 1. The van der Waals surface area contributed by atoms with Crippen LogP contribution in [-0.4, -0.2) is 25.2 Å². The molecule has 0 saturated heterocycles. The van der Waals surface area contributed by atoms with Gasteiger partial charge in [0.2, 0.25) is 0 Å². The number of aliphatic imine (C=N–C) groups is 1. The van der Waals surface area contributed by atoms with Crippen LogP contribution in [-0.2, 0) is 13.1 Å². The first-order valence-corrected chi connectivity index (χ1v) is 7.90. The van der Waals surface area contributed by atoms with Crippen LogP contribution < -0.4 is 15.4 Å². The first-order chi connectivity index (χ1) is 11.5. The molecule has 2 aromatic rings. The Labute approximate surface area is 166 Å². The summed E-state index contributed by atoms with van der Waals surface area (Å²) in [6, 6.07) is 11.6. The second kappa shape index (κ2) is 10.1. The summed E-state index contributed by atoms with van der Waals surface area (Å²) in [5.74, 6) is 1.62. The Morgan fingerprint density at radius 1 is 1.04 bits per heavy atom. The molecule has 0 aliphatic rings. The average Bonchev–Trinajstić information content (AvgIpc) is 2.57. The van der Waals surface area contributed by atoms with E-state index in [1.807, 2.05) is 0 Å². The van der Waals surface area contributed by atoms with E-state index in [2.05, 4.69) is 47.7 Å². The second-order valence-electron chi connectivity index (χ2n) is 5.70. The zero-order valence-electron chi connectivity index (χ0n) is 15.1. The van der Waals surface area contributed by atoms with E-state index in [9.17, 15) is 5.11 Å². The maximum Gasteiger partial charge on any atom is 0.191 e. The molecule has 0 heterocycles. The largest absolute Gasteiger partial charge is 0.508 e. The Kier molecular flexibility index (Phi) is 8.54. The minimum Gasteiger partial charge on any atom is -0.508 e. The second-order valence-corrected chi connectivity index (χ2v) is 5.70. The molecule has 0 atom stereocenters. The predicted octanol–water partition coefficient (Wildman–Crippen LogP) is 3.50. The van der Waals surface area contributed by atoms with Crippen molar-refractivity contribution in [1.29, 1.82) is 0 Å². The summed E-state index contributed by atoms with van der Waals surface area (Å²) in [4.78, 5) is 4.22. The number of hydrogen-bond donors (Lipinski definition) is 3. The van der Waals surface area contributed by atoms with Gasteiger partial charge in [0.25, 0.3) is 0 Å². The fourth-order valence-electron chi connectivity index (χ4n) is 2.45. The van der Waals surface area contributed by atoms with Crippen molar-refractivity contribution in [3.05, 3.63) is 58.7 Å². The molecule has 136 valence electrons. The van der Waals surface area contributed by atoms with Crippen LogP contribution in [0.4, 0.5) is 0 Å². The lowest BCUT2D eigenvalue weighted by molar-refractivity contribution is 0.410. The van der Waals surface area contributed by atoms with Gasteiger partial charge in [0.05, 0.1) is 7.11 Å². The van der Waals surface area contributed by atoms with Gasteiger partial charge in [-0.25, -0.2) is 0 Å². The summed E-state index contributed by atoms with van der Waals surface area (Å²) >= 11 is 0. The number of benzene rings is 2. The molecule has 0 aliphatic heterocycles. The Hall–Kier alpha value is -1.96. The van der Waals surface area contributed by atoms with E-state index in [1.165, 1.54) is 16.7 Å². The lowest BCUT2D eigenvalue weighted by Gasteiger charge is -2.14. The highest BCUT2D eigenvalue weighted by Crippen LogP contribution is 2.22. The van der Waals surface area contributed by atoms with Crippen molar-refractivity contribution in [2.24, 2.45) is 4.99 Å². The Balaban J connectivity index is 0.00000312. The SMILES string of the molecule is CN=C(NCc1ccc(C)cc1C)NCc1cc(OC)ccc1O.I. The number of aryl methyl sites for hydroxylation is 2. The average molecular weight is 455 g/mol. The molecular formula is C19H26IN3O2. The molecule has 0 fully saturated rings. The molecule has 0 aliphatic carbocycles. The molecular weight excluding hydrogens is 429 g/mol. The number of guanidine groups is 1. The summed E-state index contributed by atoms with van der Waals surface area (Å²) in [5.41, 5.74) is 4.49. The van der Waals surface area contributed by atoms with Gasteiger partial charge in [-0.15, -0.1) is 24.0 Å². The van der Waals surface area contributed by atoms with Gasteiger partial charge in [0, 0.05) is 25.7 Å². The monoisotopic (exact) mass is 455 g/mol. The van der Waals surface area contributed by atoms with E-state index >= 15 is 0 Å². The maximum absolute atomic E-state index is 9.93. The number of phenolic OH excluding ortho intramolecular Hbond substituents is 1. The Bertz CT molecular complexity index is 733. The van der Waals surface area contributed by atoms with E-state index in [-0.39, 0.29) is 29.7 Å². The minimum absolute atomic E-state index is 0. The molecule has 0 bridgehead atoms. The van der Waals surface area contributed by atoms with Crippen LogP contribution in [0.2, 0.25) is 0 Å². The molecule has 0 spiro atoms. The van der Waals surface area contributed by atoms with Gasteiger partial charge in [-0.05, 0) is 43.2 Å². The highest BCUT2D eigenvalue weighted by Gasteiger charge is 2.06. The zero-order valence-corrected chi connectivity index (χ0v) is 17.4. The third-order valence-corrected chi connectivity index (χ3v) is 3.90. The van der Waals surface area contributed by atoms with Crippen LogP contribution in [0.25, 0.3) is 0 Å². The van der Waals surface area contributed by atoms with E-state index in [1.54, 1.807) is 32.4 Å². The summed E-state index contributed by atoms with van der Waals surface area (Å²) in [6.45, 7) is 5.34. The van der Waals surface area contributed by atoms with Crippen LogP contribution in [0.1, 0.15) is 22.3 Å². The number of methoxy groups -OCH3 is 1. The normalized spacial score (nSPS) is 10.8. The molecule has 2 rings (SSSR count). The van der Waals surface area contributed by atoms with Crippen LogP contribution >= 0.6 is 24.0 Å². The molecule has 0 saturated carbocycles. The standard InChI is InChI=1S/C19H25N3O2.HI/c1-13-5-6-15(14(2)9-13)11-21-19(20-3)22-12-16-10-17(24-4)7-8-18(16)23;/h5-10,23H,11-12H2,1-4H3,(H2,20,21,22);1H. The number of aromatic hydroxyl groups is 1. The van der Waals surface area contributed by atoms with Crippen LogP contribution in [0.3, 0.4) is 0 Å².